The lowest BCUT2D eigenvalue weighted by Crippen LogP contribution is -2.58. The summed E-state index contributed by atoms with van der Waals surface area (Å²) in [5.41, 5.74) is 1.66. The summed E-state index contributed by atoms with van der Waals surface area (Å²) in [5, 5.41) is 0. The van der Waals surface area contributed by atoms with E-state index in [0.717, 1.165) is 17.8 Å². The van der Waals surface area contributed by atoms with Crippen LogP contribution in [0.4, 0.5) is 0 Å². The zero-order valence-electron chi connectivity index (χ0n) is 14.2. The molecule has 0 aromatic rings. The van der Waals surface area contributed by atoms with Crippen molar-refractivity contribution in [2.24, 2.45) is 34.0 Å². The van der Waals surface area contributed by atoms with E-state index >= 15 is 0 Å². The van der Waals surface area contributed by atoms with Crippen molar-refractivity contribution < 1.29 is 0 Å². The zero-order valence-corrected chi connectivity index (χ0v) is 14.2. The molecule has 0 aliphatic heterocycles. The molecule has 3 aliphatic rings. The highest BCUT2D eigenvalue weighted by molar-refractivity contribution is 5.12. The lowest BCUT2D eigenvalue weighted by atomic mass is 9.39. The Morgan fingerprint density at radius 2 is 1.70 bits per heavy atom. The summed E-state index contributed by atoms with van der Waals surface area (Å²) in [7, 11) is 0. The van der Waals surface area contributed by atoms with Crippen molar-refractivity contribution in [2.45, 2.75) is 79.1 Å². The number of hydrogen-bond acceptors (Lipinski definition) is 0. The molecule has 0 nitrogen and oxygen atoms in total. The van der Waals surface area contributed by atoms with E-state index < -0.39 is 0 Å². The van der Waals surface area contributed by atoms with Crippen molar-refractivity contribution in [3.05, 3.63) is 12.7 Å². The first-order valence-corrected chi connectivity index (χ1v) is 9.01. The minimum Gasteiger partial charge on any atom is -0.103 e. The van der Waals surface area contributed by atoms with Crippen LogP contribution < -0.4 is 0 Å². The molecule has 3 fully saturated rings. The van der Waals surface area contributed by atoms with Crippen LogP contribution >= 0.6 is 0 Å². The van der Waals surface area contributed by atoms with Crippen molar-refractivity contribution in [1.29, 1.82) is 0 Å². The van der Waals surface area contributed by atoms with E-state index in [-0.39, 0.29) is 0 Å². The third-order valence-electron chi connectivity index (χ3n) is 8.19. The van der Waals surface area contributed by atoms with Crippen molar-refractivity contribution in [3.63, 3.8) is 0 Å². The van der Waals surface area contributed by atoms with Crippen molar-refractivity contribution >= 4 is 0 Å². The Morgan fingerprint density at radius 1 is 1.05 bits per heavy atom. The smallest absolute Gasteiger partial charge is 0.0144 e. The van der Waals surface area contributed by atoms with E-state index in [1.54, 1.807) is 0 Å². The molecular formula is C20H34. The maximum absolute atomic E-state index is 4.17. The van der Waals surface area contributed by atoms with E-state index in [1.807, 2.05) is 0 Å². The van der Waals surface area contributed by atoms with Crippen LogP contribution in [-0.2, 0) is 0 Å². The van der Waals surface area contributed by atoms with Gasteiger partial charge in [-0.25, -0.2) is 0 Å². The first-order chi connectivity index (χ1) is 9.38. The predicted molar refractivity (Wildman–Crippen MR) is 87.6 cm³/mol. The van der Waals surface area contributed by atoms with Gasteiger partial charge in [0, 0.05) is 0 Å². The Morgan fingerprint density at radius 3 is 2.30 bits per heavy atom. The van der Waals surface area contributed by atoms with E-state index in [4.69, 9.17) is 0 Å². The SMILES string of the molecule is C=CC1(C)CC2CCCC3C(C)(CC)CCC(C1)C23C. The van der Waals surface area contributed by atoms with Gasteiger partial charge in [-0.2, -0.15) is 0 Å². The van der Waals surface area contributed by atoms with E-state index in [0.29, 0.717) is 16.2 Å². The highest BCUT2D eigenvalue weighted by Gasteiger charge is 2.60. The maximum Gasteiger partial charge on any atom is -0.0144 e. The Labute approximate surface area is 126 Å². The first kappa shape index (κ1) is 14.7. The largest absolute Gasteiger partial charge is 0.103 e. The van der Waals surface area contributed by atoms with Crippen LogP contribution in [0, 0.1) is 34.0 Å². The van der Waals surface area contributed by atoms with Crippen LogP contribution in [0.3, 0.4) is 0 Å². The van der Waals surface area contributed by atoms with Gasteiger partial charge in [-0.05, 0) is 72.5 Å². The van der Waals surface area contributed by atoms with Crippen LogP contribution in [0.25, 0.3) is 0 Å². The zero-order chi connectivity index (χ0) is 14.6. The summed E-state index contributed by atoms with van der Waals surface area (Å²) in [4.78, 5) is 0. The second kappa shape index (κ2) is 4.62. The second-order valence-electron chi connectivity index (χ2n) is 9.06. The Kier molecular flexibility index (Phi) is 3.39. The van der Waals surface area contributed by atoms with Gasteiger partial charge in [-0.1, -0.05) is 46.6 Å². The fraction of sp³-hybridized carbons (Fsp3) is 0.900. The van der Waals surface area contributed by atoms with E-state index in [2.05, 4.69) is 40.3 Å². The third kappa shape index (κ3) is 1.86. The van der Waals surface area contributed by atoms with Crippen LogP contribution in [0.2, 0.25) is 0 Å². The summed E-state index contributed by atoms with van der Waals surface area (Å²) in [6, 6.07) is 0. The molecule has 6 unspecified atom stereocenters. The van der Waals surface area contributed by atoms with Crippen molar-refractivity contribution in [3.8, 4) is 0 Å². The molecule has 0 saturated heterocycles. The summed E-state index contributed by atoms with van der Waals surface area (Å²) in [5.74, 6) is 2.88. The summed E-state index contributed by atoms with van der Waals surface area (Å²) in [6.45, 7) is 14.4. The number of hydrogen-bond donors (Lipinski definition) is 0. The van der Waals surface area contributed by atoms with Gasteiger partial charge in [-0.3, -0.25) is 0 Å². The molecule has 6 atom stereocenters. The second-order valence-corrected chi connectivity index (χ2v) is 9.06. The molecule has 0 radical (unpaired) electrons. The molecule has 114 valence electrons. The number of allylic oxidation sites excluding steroid dienone is 1. The van der Waals surface area contributed by atoms with Crippen LogP contribution in [-0.4, -0.2) is 0 Å². The Bertz CT molecular complexity index is 385. The fourth-order valence-electron chi connectivity index (χ4n) is 6.62. The van der Waals surface area contributed by atoms with Crippen LogP contribution in [0.5, 0.6) is 0 Å². The molecule has 0 heterocycles. The molecule has 0 aromatic carbocycles. The van der Waals surface area contributed by atoms with E-state index in [9.17, 15) is 0 Å². The minimum atomic E-state index is 0.413. The van der Waals surface area contributed by atoms with Gasteiger partial charge in [0.15, 0.2) is 0 Å². The molecule has 3 rings (SSSR count). The third-order valence-corrected chi connectivity index (χ3v) is 8.19. The molecule has 0 amide bonds. The summed E-state index contributed by atoms with van der Waals surface area (Å²) >= 11 is 0. The van der Waals surface area contributed by atoms with Gasteiger partial charge < -0.3 is 0 Å². The van der Waals surface area contributed by atoms with Gasteiger partial charge in [0.05, 0.1) is 0 Å². The normalized spacial score (nSPS) is 55.1. The lowest BCUT2D eigenvalue weighted by Gasteiger charge is -2.66. The van der Waals surface area contributed by atoms with Gasteiger partial charge in [0.25, 0.3) is 0 Å². The molecule has 0 N–H and O–H groups in total. The standard InChI is InChI=1S/C20H34/c1-6-18(3)13-15-9-8-10-17-19(4,7-2)12-11-16(14-18)20(15,17)5/h6,15-17H,1,7-14H2,2-5H3. The van der Waals surface area contributed by atoms with Crippen molar-refractivity contribution in [1.82, 2.24) is 0 Å². The van der Waals surface area contributed by atoms with Crippen LogP contribution in [0.1, 0.15) is 79.1 Å². The average Bonchev–Trinajstić information content (AvgIpc) is 2.43. The summed E-state index contributed by atoms with van der Waals surface area (Å²) < 4.78 is 0. The molecule has 20 heavy (non-hydrogen) atoms. The van der Waals surface area contributed by atoms with Gasteiger partial charge in [0.2, 0.25) is 0 Å². The average molecular weight is 274 g/mol. The van der Waals surface area contributed by atoms with Gasteiger partial charge in [-0.15, -0.1) is 6.58 Å². The number of rotatable bonds is 2. The molecule has 3 saturated carbocycles. The Hall–Kier alpha value is -0.260. The highest BCUT2D eigenvalue weighted by atomic mass is 14.6. The predicted octanol–water partition coefficient (Wildman–Crippen LogP) is 6.22. The molecular weight excluding hydrogens is 240 g/mol. The quantitative estimate of drug-likeness (QED) is 0.524. The van der Waals surface area contributed by atoms with Gasteiger partial charge >= 0.3 is 0 Å². The maximum atomic E-state index is 4.17. The van der Waals surface area contributed by atoms with Gasteiger partial charge in [0.1, 0.15) is 0 Å². The highest BCUT2D eigenvalue weighted by Crippen LogP contribution is 2.69. The first-order valence-electron chi connectivity index (χ1n) is 9.01. The van der Waals surface area contributed by atoms with Crippen LogP contribution in [0.15, 0.2) is 12.7 Å². The molecule has 0 heteroatoms. The molecule has 3 aliphatic carbocycles. The van der Waals surface area contributed by atoms with E-state index in [1.165, 1.54) is 51.4 Å². The fourth-order valence-corrected chi connectivity index (χ4v) is 6.62. The Balaban J connectivity index is 1.99. The minimum absolute atomic E-state index is 0.413. The van der Waals surface area contributed by atoms with Crippen molar-refractivity contribution in [2.75, 3.05) is 0 Å². The molecule has 0 aromatic heterocycles. The monoisotopic (exact) mass is 274 g/mol. The summed E-state index contributed by atoms with van der Waals surface area (Å²) in [6.07, 6.45) is 13.9. The molecule has 0 spiro atoms. The topological polar surface area (TPSA) is 0 Å². The molecule has 0 bridgehead atoms. The lowest BCUT2D eigenvalue weighted by molar-refractivity contribution is -0.161.